The number of likely N-dealkylation sites (tertiary alicyclic amines) is 1. The van der Waals surface area contributed by atoms with E-state index in [1.807, 2.05) is 35.2 Å². The van der Waals surface area contributed by atoms with Gasteiger partial charge in [-0.25, -0.2) is 14.8 Å². The van der Waals surface area contributed by atoms with Crippen molar-refractivity contribution in [3.63, 3.8) is 0 Å². The average molecular weight is 475 g/mol. The zero-order valence-corrected chi connectivity index (χ0v) is 19.4. The molecule has 0 atom stereocenters. The number of hydrogen-bond acceptors (Lipinski definition) is 8. The lowest BCUT2D eigenvalue weighted by Crippen LogP contribution is -2.38. The minimum Gasteiger partial charge on any atom is -0.462 e. The van der Waals surface area contributed by atoms with Gasteiger partial charge in [0.05, 0.1) is 19.0 Å². The van der Waals surface area contributed by atoms with Crippen molar-refractivity contribution in [1.82, 2.24) is 24.5 Å². The molecule has 10 heteroatoms. The Morgan fingerprint density at radius 2 is 1.91 bits per heavy atom. The summed E-state index contributed by atoms with van der Waals surface area (Å²) < 4.78 is 12.1. The molecule has 0 saturated carbocycles. The maximum Gasteiger partial charge on any atom is 0.343 e. The molecule has 1 aliphatic rings. The Morgan fingerprint density at radius 3 is 2.63 bits per heavy atom. The van der Waals surface area contributed by atoms with Gasteiger partial charge in [-0.1, -0.05) is 30.3 Å². The van der Waals surface area contributed by atoms with Crippen molar-refractivity contribution in [1.29, 1.82) is 0 Å². The standard InChI is InChI=1S/C25H26N6O4/c1-2-34-25(33)20-16-29-31-21(27-14-17-6-4-3-5-7-17)19(15-28-22(20)31)24(32)30-11-8-18(9-12-30)23-26-10-13-35-23/h3-7,10,13,15-16,18,27H,2,8-9,11-12,14H2,1H3. The molecule has 0 spiro atoms. The van der Waals surface area contributed by atoms with Crippen molar-refractivity contribution >= 4 is 23.3 Å². The van der Waals surface area contributed by atoms with Crippen molar-refractivity contribution < 1.29 is 18.7 Å². The number of esters is 1. The van der Waals surface area contributed by atoms with Crippen LogP contribution in [0.3, 0.4) is 0 Å². The van der Waals surface area contributed by atoms with Gasteiger partial charge in [-0.2, -0.15) is 9.61 Å². The predicted octanol–water partition coefficient (Wildman–Crippen LogP) is 3.53. The topological polar surface area (TPSA) is 115 Å². The van der Waals surface area contributed by atoms with Crippen LogP contribution >= 0.6 is 0 Å². The number of fused-ring (bicyclic) bond motifs is 1. The van der Waals surface area contributed by atoms with Crippen LogP contribution in [0.1, 0.15) is 57.9 Å². The summed E-state index contributed by atoms with van der Waals surface area (Å²) in [6.07, 6.45) is 7.69. The van der Waals surface area contributed by atoms with Gasteiger partial charge in [-0.05, 0) is 25.3 Å². The molecule has 35 heavy (non-hydrogen) atoms. The largest absolute Gasteiger partial charge is 0.462 e. The molecule has 1 amide bonds. The normalized spacial score (nSPS) is 14.3. The third kappa shape index (κ3) is 4.59. The number of carbonyl (C=O) groups excluding carboxylic acids is 2. The van der Waals surface area contributed by atoms with Crippen molar-refractivity contribution in [2.75, 3.05) is 25.0 Å². The highest BCUT2D eigenvalue weighted by molar-refractivity contribution is 6.00. The van der Waals surface area contributed by atoms with Crippen molar-refractivity contribution in [2.24, 2.45) is 0 Å². The molecule has 5 rings (SSSR count). The van der Waals surface area contributed by atoms with Crippen LogP contribution < -0.4 is 5.32 Å². The van der Waals surface area contributed by atoms with E-state index in [1.165, 1.54) is 16.9 Å². The SMILES string of the molecule is CCOC(=O)c1cnn2c(NCc3ccccc3)c(C(=O)N3CCC(c4ncco4)CC3)cnc12. The number of oxazole rings is 1. The second kappa shape index (κ2) is 9.96. The molecule has 180 valence electrons. The van der Waals surface area contributed by atoms with E-state index in [9.17, 15) is 9.59 Å². The zero-order valence-electron chi connectivity index (χ0n) is 19.4. The van der Waals surface area contributed by atoms with E-state index in [-0.39, 0.29) is 24.0 Å². The smallest absolute Gasteiger partial charge is 0.343 e. The highest BCUT2D eigenvalue weighted by Gasteiger charge is 2.29. The lowest BCUT2D eigenvalue weighted by Gasteiger charge is -2.31. The summed E-state index contributed by atoms with van der Waals surface area (Å²) >= 11 is 0. The Hall–Kier alpha value is -4.21. The molecule has 3 aromatic heterocycles. The number of hydrogen-bond donors (Lipinski definition) is 1. The van der Waals surface area contributed by atoms with E-state index >= 15 is 0 Å². The van der Waals surface area contributed by atoms with Gasteiger partial charge in [0, 0.05) is 31.7 Å². The number of nitrogens with one attached hydrogen (secondary N) is 1. The molecule has 1 N–H and O–H groups in total. The molecule has 1 aliphatic heterocycles. The van der Waals surface area contributed by atoms with E-state index in [0.29, 0.717) is 42.6 Å². The summed E-state index contributed by atoms with van der Waals surface area (Å²) in [5.41, 5.74) is 2.01. The number of amides is 1. The summed E-state index contributed by atoms with van der Waals surface area (Å²) in [6, 6.07) is 9.84. The van der Waals surface area contributed by atoms with Crippen LogP contribution in [0, 0.1) is 0 Å². The molecule has 4 aromatic rings. The fourth-order valence-electron chi connectivity index (χ4n) is 4.33. The van der Waals surface area contributed by atoms with Gasteiger partial charge in [0.25, 0.3) is 5.91 Å². The summed E-state index contributed by atoms with van der Waals surface area (Å²) in [4.78, 5) is 36.5. The van der Waals surface area contributed by atoms with Gasteiger partial charge in [-0.15, -0.1) is 0 Å². The quantitative estimate of drug-likeness (QED) is 0.405. The van der Waals surface area contributed by atoms with Crippen LogP contribution in [0.15, 0.2) is 59.6 Å². The van der Waals surface area contributed by atoms with Crippen molar-refractivity contribution in [3.05, 3.63) is 77.8 Å². The maximum atomic E-state index is 13.6. The van der Waals surface area contributed by atoms with Crippen LogP contribution in [-0.4, -0.2) is 56.1 Å². The van der Waals surface area contributed by atoms with E-state index in [0.717, 1.165) is 18.4 Å². The predicted molar refractivity (Wildman–Crippen MR) is 127 cm³/mol. The first kappa shape index (κ1) is 22.6. The van der Waals surface area contributed by atoms with Gasteiger partial charge in [-0.3, -0.25) is 4.79 Å². The second-order valence-electron chi connectivity index (χ2n) is 8.31. The minimum atomic E-state index is -0.503. The summed E-state index contributed by atoms with van der Waals surface area (Å²) in [6.45, 7) is 3.62. The van der Waals surface area contributed by atoms with Gasteiger partial charge in [0.1, 0.15) is 23.2 Å². The number of benzene rings is 1. The molecule has 0 unspecified atom stereocenters. The average Bonchev–Trinajstić information content (AvgIpc) is 3.58. The van der Waals surface area contributed by atoms with Crippen LogP contribution in [0.4, 0.5) is 5.82 Å². The van der Waals surface area contributed by atoms with Gasteiger partial charge >= 0.3 is 5.97 Å². The molecule has 1 saturated heterocycles. The molecule has 0 bridgehead atoms. The number of nitrogens with zero attached hydrogens (tertiary/aromatic N) is 5. The first-order valence-corrected chi connectivity index (χ1v) is 11.7. The van der Waals surface area contributed by atoms with Gasteiger partial charge < -0.3 is 19.4 Å². The Morgan fingerprint density at radius 1 is 1.11 bits per heavy atom. The third-order valence-electron chi connectivity index (χ3n) is 6.14. The van der Waals surface area contributed by atoms with Gasteiger partial charge in [0.2, 0.25) is 0 Å². The molecule has 1 fully saturated rings. The molecule has 1 aromatic carbocycles. The monoisotopic (exact) mass is 474 g/mol. The summed E-state index contributed by atoms with van der Waals surface area (Å²) in [7, 11) is 0. The summed E-state index contributed by atoms with van der Waals surface area (Å²) in [5.74, 6) is 0.747. The lowest BCUT2D eigenvalue weighted by molar-refractivity contribution is 0.0528. The molecule has 0 aliphatic carbocycles. The summed E-state index contributed by atoms with van der Waals surface area (Å²) in [5, 5.41) is 7.71. The zero-order chi connectivity index (χ0) is 24.2. The highest BCUT2D eigenvalue weighted by Crippen LogP contribution is 2.29. The maximum absolute atomic E-state index is 13.6. The second-order valence-corrected chi connectivity index (χ2v) is 8.31. The van der Waals surface area contributed by atoms with E-state index in [1.54, 1.807) is 19.4 Å². The van der Waals surface area contributed by atoms with Crippen molar-refractivity contribution in [2.45, 2.75) is 32.2 Å². The molecular weight excluding hydrogens is 448 g/mol. The number of carbonyl (C=O) groups is 2. The van der Waals surface area contributed by atoms with E-state index in [4.69, 9.17) is 9.15 Å². The Bertz CT molecular complexity index is 1310. The molecule has 10 nitrogen and oxygen atoms in total. The number of aromatic nitrogens is 4. The highest BCUT2D eigenvalue weighted by atomic mass is 16.5. The minimum absolute atomic E-state index is 0.144. The van der Waals surface area contributed by atoms with Crippen LogP contribution in [-0.2, 0) is 11.3 Å². The fraction of sp³-hybridized carbons (Fsp3) is 0.320. The Balaban J connectivity index is 1.44. The third-order valence-corrected chi connectivity index (χ3v) is 6.14. The number of anilines is 1. The Kier molecular flexibility index (Phi) is 6.42. The number of rotatable bonds is 7. The molecular formula is C25H26N6O4. The fourth-order valence-corrected chi connectivity index (χ4v) is 4.33. The molecule has 4 heterocycles. The van der Waals surface area contributed by atoms with Crippen LogP contribution in [0.2, 0.25) is 0 Å². The van der Waals surface area contributed by atoms with Gasteiger partial charge in [0.15, 0.2) is 11.5 Å². The number of ether oxygens (including phenoxy) is 1. The lowest BCUT2D eigenvalue weighted by atomic mass is 9.96. The van der Waals surface area contributed by atoms with Crippen molar-refractivity contribution in [3.8, 4) is 0 Å². The first-order valence-electron chi connectivity index (χ1n) is 11.7. The van der Waals surface area contributed by atoms with E-state index in [2.05, 4.69) is 20.4 Å². The molecule has 0 radical (unpaired) electrons. The Labute approximate surface area is 201 Å². The van der Waals surface area contributed by atoms with Crippen LogP contribution in [0.5, 0.6) is 0 Å². The first-order chi connectivity index (χ1) is 17.2. The van der Waals surface area contributed by atoms with E-state index < -0.39 is 5.97 Å². The number of piperidine rings is 1. The van der Waals surface area contributed by atoms with Crippen LogP contribution in [0.25, 0.3) is 5.65 Å².